The van der Waals surface area contributed by atoms with Crippen molar-refractivity contribution in [3.63, 3.8) is 0 Å². The average molecular weight is 366 g/mol. The van der Waals surface area contributed by atoms with Crippen molar-refractivity contribution in [2.24, 2.45) is 5.92 Å². The third-order valence-corrected chi connectivity index (χ3v) is 2.93. The molecule has 8 heteroatoms. The summed E-state index contributed by atoms with van der Waals surface area (Å²) in [5.74, 6) is -2.58. The van der Waals surface area contributed by atoms with E-state index in [1.165, 1.54) is 0 Å². The van der Waals surface area contributed by atoms with E-state index in [-0.39, 0.29) is 0 Å². The topological polar surface area (TPSA) is 156 Å². The van der Waals surface area contributed by atoms with Crippen molar-refractivity contribution < 1.29 is 40.2 Å². The molecule has 0 heterocycles. The molecule has 0 aromatic heterocycles. The zero-order valence-electron chi connectivity index (χ0n) is 13.8. The van der Waals surface area contributed by atoms with Gasteiger partial charge in [0.15, 0.2) is 6.29 Å². The molecule has 0 radical (unpaired) electrons. The number of hydrogen-bond acceptors (Lipinski definition) is 6. The summed E-state index contributed by atoms with van der Waals surface area (Å²) in [6.45, 7) is -0.817. The fraction of sp³-hybridized carbons (Fsp3) is 0.222. The first-order chi connectivity index (χ1) is 12.3. The molecule has 0 bridgehead atoms. The maximum absolute atomic E-state index is 10.2. The van der Waals surface area contributed by atoms with Crippen LogP contribution in [0.2, 0.25) is 0 Å². The van der Waals surface area contributed by atoms with E-state index < -0.39 is 37.4 Å². The summed E-state index contributed by atoms with van der Waals surface area (Å²) in [5.41, 5.74) is 0.662. The Kier molecular flexibility index (Phi) is 12.1. The monoisotopic (exact) mass is 366 g/mol. The minimum absolute atomic E-state index is 0.331. The van der Waals surface area contributed by atoms with Crippen molar-refractivity contribution in [3.05, 3.63) is 71.8 Å². The largest absolute Gasteiger partial charge is 0.478 e. The van der Waals surface area contributed by atoms with Gasteiger partial charge < -0.3 is 30.6 Å². The highest BCUT2D eigenvalue weighted by molar-refractivity contribution is 5.87. The number of aromatic carboxylic acids is 2. The summed E-state index contributed by atoms with van der Waals surface area (Å²) in [6, 6.07) is 16.6. The second-order valence-corrected chi connectivity index (χ2v) is 4.88. The molecule has 8 nitrogen and oxygen atoms in total. The average Bonchev–Trinajstić information content (AvgIpc) is 2.65. The number of rotatable bonds is 5. The number of benzene rings is 2. The lowest BCUT2D eigenvalue weighted by Crippen LogP contribution is -2.26. The van der Waals surface area contributed by atoms with Gasteiger partial charge in [-0.25, -0.2) is 9.59 Å². The summed E-state index contributed by atoms with van der Waals surface area (Å²) in [4.78, 5) is 20.4. The molecule has 2 aromatic rings. The highest BCUT2D eigenvalue weighted by Crippen LogP contribution is 1.97. The molecule has 0 atom stereocenters. The number of aliphatic hydroxyl groups excluding tert-OH is 3. The first-order valence-corrected chi connectivity index (χ1v) is 7.48. The zero-order chi connectivity index (χ0) is 19.9. The number of hydrogen-bond donors (Lipinski definition) is 6. The molecule has 0 aliphatic heterocycles. The Labute approximate surface area is 150 Å². The van der Waals surface area contributed by atoms with Gasteiger partial charge in [0.25, 0.3) is 0 Å². The summed E-state index contributed by atoms with van der Waals surface area (Å²) >= 11 is 0. The quantitative estimate of drug-likeness (QED) is 0.422. The lowest BCUT2D eigenvalue weighted by atomic mass is 10.2. The van der Waals surface area contributed by atoms with Crippen LogP contribution >= 0.6 is 0 Å². The van der Waals surface area contributed by atoms with Crippen molar-refractivity contribution in [2.75, 3.05) is 13.2 Å². The van der Waals surface area contributed by atoms with Gasteiger partial charge in [-0.3, -0.25) is 0 Å². The van der Waals surface area contributed by atoms with Gasteiger partial charge in [0.2, 0.25) is 0 Å². The summed E-state index contributed by atoms with van der Waals surface area (Å²) in [6.07, 6.45) is -1.62. The van der Waals surface area contributed by atoms with Crippen LogP contribution in [0.5, 0.6) is 0 Å². The van der Waals surface area contributed by atoms with E-state index in [0.29, 0.717) is 11.1 Å². The fourth-order valence-corrected chi connectivity index (χ4v) is 1.41. The number of carboxylic acids is 2. The molecule has 2 rings (SSSR count). The number of carboxylic acid groups (broad SMARTS) is 2. The van der Waals surface area contributed by atoms with Gasteiger partial charge in [-0.15, -0.1) is 0 Å². The van der Waals surface area contributed by atoms with Crippen molar-refractivity contribution in [1.29, 1.82) is 0 Å². The van der Waals surface area contributed by atoms with Gasteiger partial charge in [-0.2, -0.15) is 0 Å². The molecule has 0 saturated heterocycles. The van der Waals surface area contributed by atoms with E-state index in [9.17, 15) is 9.59 Å². The predicted molar refractivity (Wildman–Crippen MR) is 92.7 cm³/mol. The molecule has 2 aromatic carbocycles. The van der Waals surface area contributed by atoms with Crippen LogP contribution in [0.3, 0.4) is 0 Å². The predicted octanol–water partition coefficient (Wildman–Crippen LogP) is 0.667. The maximum atomic E-state index is 10.2. The third-order valence-electron chi connectivity index (χ3n) is 2.93. The maximum Gasteiger partial charge on any atom is 0.335 e. The Balaban J connectivity index is 0.000000362. The van der Waals surface area contributed by atoms with Crippen molar-refractivity contribution in [1.82, 2.24) is 0 Å². The minimum Gasteiger partial charge on any atom is -0.478 e. The molecule has 0 spiro atoms. The Morgan fingerprint density at radius 3 is 1.12 bits per heavy atom. The van der Waals surface area contributed by atoms with Crippen LogP contribution in [0.4, 0.5) is 0 Å². The van der Waals surface area contributed by atoms with E-state index in [4.69, 9.17) is 30.6 Å². The summed E-state index contributed by atoms with van der Waals surface area (Å²) in [7, 11) is 0. The van der Waals surface area contributed by atoms with Crippen LogP contribution < -0.4 is 0 Å². The molecule has 142 valence electrons. The van der Waals surface area contributed by atoms with Gasteiger partial charge in [0, 0.05) is 0 Å². The Morgan fingerprint density at radius 1 is 0.692 bits per heavy atom. The smallest absolute Gasteiger partial charge is 0.335 e. The molecule has 0 unspecified atom stereocenters. The molecule has 6 N–H and O–H groups in total. The number of carbonyl (C=O) groups is 2. The van der Waals surface area contributed by atoms with Crippen LogP contribution in [0, 0.1) is 5.92 Å². The van der Waals surface area contributed by atoms with E-state index in [1.54, 1.807) is 60.7 Å². The first kappa shape index (κ1) is 23.2. The second kappa shape index (κ2) is 13.5. The molecule has 0 amide bonds. The number of aliphatic hydroxyl groups is 4. The molecule has 26 heavy (non-hydrogen) atoms. The van der Waals surface area contributed by atoms with Crippen molar-refractivity contribution >= 4 is 11.9 Å². The minimum atomic E-state index is -1.62. The van der Waals surface area contributed by atoms with Crippen LogP contribution in [0.15, 0.2) is 60.7 Å². The molecular weight excluding hydrogens is 344 g/mol. The zero-order valence-corrected chi connectivity index (χ0v) is 13.8. The summed E-state index contributed by atoms with van der Waals surface area (Å²) < 4.78 is 0. The van der Waals surface area contributed by atoms with Crippen LogP contribution in [0.1, 0.15) is 20.7 Å². The van der Waals surface area contributed by atoms with E-state index >= 15 is 0 Å². The second-order valence-electron chi connectivity index (χ2n) is 4.88. The van der Waals surface area contributed by atoms with Gasteiger partial charge in [0.05, 0.1) is 30.3 Å². The van der Waals surface area contributed by atoms with E-state index in [0.717, 1.165) is 0 Å². The highest BCUT2D eigenvalue weighted by atomic mass is 16.5. The van der Waals surface area contributed by atoms with Crippen LogP contribution in [0.25, 0.3) is 0 Å². The molecule has 0 fully saturated rings. The Bertz CT molecular complexity index is 575. The normalized spacial score (nSPS) is 9.62. The SMILES string of the molecule is O=C(O)c1ccccc1.O=C(O)c1ccccc1.OCC(CO)C(O)O. The van der Waals surface area contributed by atoms with Gasteiger partial charge >= 0.3 is 11.9 Å². The van der Waals surface area contributed by atoms with Gasteiger partial charge in [-0.05, 0) is 24.3 Å². The lowest BCUT2D eigenvalue weighted by molar-refractivity contribution is -0.109. The third kappa shape index (κ3) is 10.2. The van der Waals surface area contributed by atoms with E-state index in [2.05, 4.69) is 0 Å². The molecule has 0 aliphatic carbocycles. The lowest BCUT2D eigenvalue weighted by Gasteiger charge is -2.11. The van der Waals surface area contributed by atoms with Crippen LogP contribution in [-0.2, 0) is 0 Å². The molecule has 0 aliphatic rings. The van der Waals surface area contributed by atoms with Crippen molar-refractivity contribution in [2.45, 2.75) is 6.29 Å². The van der Waals surface area contributed by atoms with Crippen LogP contribution in [-0.4, -0.2) is 62.1 Å². The first-order valence-electron chi connectivity index (χ1n) is 7.48. The van der Waals surface area contributed by atoms with Gasteiger partial charge in [0.1, 0.15) is 0 Å². The molecule has 0 saturated carbocycles. The van der Waals surface area contributed by atoms with Crippen molar-refractivity contribution in [3.8, 4) is 0 Å². The standard InChI is InChI=1S/2C7H6O2.C4H10O4/c2*8-7(9)6-4-2-1-3-5-6;5-1-3(2-6)4(7)8/h2*1-5H,(H,8,9);3-8H,1-2H2. The summed E-state index contributed by atoms with van der Waals surface area (Å²) in [5, 5.41) is 49.7. The van der Waals surface area contributed by atoms with E-state index in [1.807, 2.05) is 0 Å². The Morgan fingerprint density at radius 2 is 1.00 bits per heavy atom. The Hall–Kier alpha value is -2.78. The fourth-order valence-electron chi connectivity index (χ4n) is 1.41. The highest BCUT2D eigenvalue weighted by Gasteiger charge is 2.12. The van der Waals surface area contributed by atoms with Gasteiger partial charge in [-0.1, -0.05) is 36.4 Å². The molecular formula is C18H22O8.